The summed E-state index contributed by atoms with van der Waals surface area (Å²) in [6.45, 7) is 19.8. The van der Waals surface area contributed by atoms with Gasteiger partial charge in [0.15, 0.2) is 22.4 Å². The first-order valence-electron chi connectivity index (χ1n) is 11.1. The lowest BCUT2D eigenvalue weighted by Gasteiger charge is -2.37. The van der Waals surface area contributed by atoms with E-state index in [4.69, 9.17) is 8.85 Å². The van der Waals surface area contributed by atoms with Crippen molar-refractivity contribution in [2.24, 2.45) is 0 Å². The zero-order valence-electron chi connectivity index (χ0n) is 19.7. The van der Waals surface area contributed by atoms with Crippen molar-refractivity contribution in [1.29, 1.82) is 0 Å². The summed E-state index contributed by atoms with van der Waals surface area (Å²) < 4.78 is 12.8. The quantitative estimate of drug-likeness (QED) is 0.421. The molecule has 1 unspecified atom stereocenters. The standard InChI is InChI=1S/C22H44O4Si2/c1-10-28(11-2,12-3)25-17(4)13-14-20(23)19-15-18(16-21(19)24)26-27(8,9)22(5,6)7/h15,17-18,20,23H,10-14,16H2,1-9H3/t17-,18-,20?/m1/s1. The number of carbonyl (C=O) groups is 1. The van der Waals surface area contributed by atoms with E-state index in [1.807, 2.05) is 6.08 Å². The van der Waals surface area contributed by atoms with Gasteiger partial charge in [-0.1, -0.05) is 41.5 Å². The third kappa shape index (κ3) is 6.62. The van der Waals surface area contributed by atoms with E-state index in [1.165, 1.54) is 0 Å². The molecule has 1 rings (SSSR count). The predicted octanol–water partition coefficient (Wildman–Crippen LogP) is 5.83. The normalized spacial score (nSPS) is 21.0. The van der Waals surface area contributed by atoms with E-state index >= 15 is 0 Å². The molecule has 0 aromatic rings. The Balaban J connectivity index is 2.66. The number of hydrogen-bond donors (Lipinski definition) is 1. The van der Waals surface area contributed by atoms with E-state index in [1.54, 1.807) is 0 Å². The summed E-state index contributed by atoms with van der Waals surface area (Å²) in [6, 6.07) is 3.38. The van der Waals surface area contributed by atoms with Gasteiger partial charge in [0.1, 0.15) is 0 Å². The van der Waals surface area contributed by atoms with Crippen LogP contribution in [0.4, 0.5) is 0 Å². The van der Waals surface area contributed by atoms with Gasteiger partial charge in [-0.3, -0.25) is 4.79 Å². The Kier molecular flexibility index (Phi) is 9.35. The molecule has 1 N–H and O–H groups in total. The van der Waals surface area contributed by atoms with Crippen molar-refractivity contribution in [2.75, 3.05) is 0 Å². The molecule has 0 aromatic heterocycles. The highest BCUT2D eigenvalue weighted by atomic mass is 28.4. The van der Waals surface area contributed by atoms with Gasteiger partial charge >= 0.3 is 0 Å². The topological polar surface area (TPSA) is 55.8 Å². The number of rotatable bonds is 11. The minimum Gasteiger partial charge on any atom is -0.414 e. The summed E-state index contributed by atoms with van der Waals surface area (Å²) in [5.74, 6) is 0.0316. The SMILES string of the molecule is CC[Si](CC)(CC)O[C@H](C)CCC(O)C1=C[C@@H](O[Si](C)(C)C(C)(C)C)CC1=O. The summed E-state index contributed by atoms with van der Waals surface area (Å²) in [5.41, 5.74) is 0.542. The Morgan fingerprint density at radius 3 is 2.14 bits per heavy atom. The molecular weight excluding hydrogens is 384 g/mol. The molecule has 3 atom stereocenters. The number of aliphatic hydroxyl groups excluding tert-OH is 1. The first-order chi connectivity index (χ1) is 12.8. The van der Waals surface area contributed by atoms with Crippen LogP contribution in [-0.4, -0.2) is 45.8 Å². The second-order valence-corrected chi connectivity index (χ2v) is 19.4. The Hall–Kier alpha value is -0.276. The molecule has 0 heterocycles. The third-order valence-corrected chi connectivity index (χ3v) is 16.2. The molecule has 164 valence electrons. The van der Waals surface area contributed by atoms with Gasteiger partial charge in [0.05, 0.1) is 12.2 Å². The molecule has 1 aliphatic rings. The van der Waals surface area contributed by atoms with Crippen LogP contribution in [0.5, 0.6) is 0 Å². The van der Waals surface area contributed by atoms with Crippen molar-refractivity contribution in [3.63, 3.8) is 0 Å². The van der Waals surface area contributed by atoms with Gasteiger partial charge in [-0.25, -0.2) is 0 Å². The van der Waals surface area contributed by atoms with E-state index in [9.17, 15) is 9.90 Å². The highest BCUT2D eigenvalue weighted by Crippen LogP contribution is 2.39. The predicted molar refractivity (Wildman–Crippen MR) is 123 cm³/mol. The lowest BCUT2D eigenvalue weighted by atomic mass is 10.0. The van der Waals surface area contributed by atoms with Crippen LogP contribution in [0.1, 0.15) is 67.7 Å². The second kappa shape index (κ2) is 10.2. The molecule has 4 nitrogen and oxygen atoms in total. The fraction of sp³-hybridized carbons (Fsp3) is 0.864. The fourth-order valence-electron chi connectivity index (χ4n) is 3.61. The van der Waals surface area contributed by atoms with E-state index in [2.05, 4.69) is 61.6 Å². The van der Waals surface area contributed by atoms with Crippen molar-refractivity contribution >= 4 is 22.4 Å². The summed E-state index contributed by atoms with van der Waals surface area (Å²) in [5, 5.41) is 10.7. The van der Waals surface area contributed by atoms with Crippen molar-refractivity contribution < 1.29 is 18.8 Å². The van der Waals surface area contributed by atoms with Crippen molar-refractivity contribution in [3.8, 4) is 0 Å². The fourth-order valence-corrected chi connectivity index (χ4v) is 7.85. The molecule has 0 aromatic carbocycles. The molecule has 0 amide bonds. The average Bonchev–Trinajstić information content (AvgIpc) is 2.96. The van der Waals surface area contributed by atoms with Crippen LogP contribution < -0.4 is 0 Å². The Labute approximate surface area is 175 Å². The molecule has 0 saturated heterocycles. The molecular formula is C22H44O4Si2. The van der Waals surface area contributed by atoms with Crippen LogP contribution in [0.3, 0.4) is 0 Å². The Morgan fingerprint density at radius 2 is 1.68 bits per heavy atom. The number of Topliss-reactive ketones (excluding diaryl/α,β-unsaturated/α-hetero) is 1. The molecule has 28 heavy (non-hydrogen) atoms. The Morgan fingerprint density at radius 1 is 1.14 bits per heavy atom. The van der Waals surface area contributed by atoms with Crippen molar-refractivity contribution in [2.45, 2.75) is 122 Å². The van der Waals surface area contributed by atoms with Crippen LogP contribution in [0.2, 0.25) is 36.3 Å². The van der Waals surface area contributed by atoms with E-state index < -0.39 is 22.7 Å². The molecule has 6 heteroatoms. The molecule has 1 aliphatic carbocycles. The number of ketones is 1. The van der Waals surface area contributed by atoms with Crippen LogP contribution in [0.25, 0.3) is 0 Å². The minimum absolute atomic E-state index is 0.0316. The molecule has 0 aliphatic heterocycles. The monoisotopic (exact) mass is 428 g/mol. The van der Waals surface area contributed by atoms with Gasteiger partial charge < -0.3 is 14.0 Å². The summed E-state index contributed by atoms with van der Waals surface area (Å²) in [6.07, 6.45) is 2.80. The zero-order valence-corrected chi connectivity index (χ0v) is 21.7. The molecule has 0 bridgehead atoms. The van der Waals surface area contributed by atoms with Crippen LogP contribution in [0.15, 0.2) is 11.6 Å². The smallest absolute Gasteiger partial charge is 0.192 e. The van der Waals surface area contributed by atoms with Crippen LogP contribution in [-0.2, 0) is 13.6 Å². The highest BCUT2D eigenvalue weighted by Gasteiger charge is 2.41. The zero-order chi connectivity index (χ0) is 21.8. The maximum Gasteiger partial charge on any atom is 0.192 e. The number of hydrogen-bond acceptors (Lipinski definition) is 4. The van der Waals surface area contributed by atoms with Crippen molar-refractivity contribution in [3.05, 3.63) is 11.6 Å². The van der Waals surface area contributed by atoms with Gasteiger partial charge in [0, 0.05) is 18.1 Å². The largest absolute Gasteiger partial charge is 0.414 e. The summed E-state index contributed by atoms with van der Waals surface area (Å²) in [4.78, 5) is 12.5. The summed E-state index contributed by atoms with van der Waals surface area (Å²) >= 11 is 0. The lowest BCUT2D eigenvalue weighted by molar-refractivity contribution is -0.116. The maximum absolute atomic E-state index is 12.5. The number of aliphatic hydroxyl groups is 1. The van der Waals surface area contributed by atoms with Gasteiger partial charge in [0.2, 0.25) is 0 Å². The van der Waals surface area contributed by atoms with Gasteiger partial charge in [-0.05, 0) is 62.1 Å². The van der Waals surface area contributed by atoms with Crippen molar-refractivity contribution in [1.82, 2.24) is 0 Å². The molecule has 0 fully saturated rings. The maximum atomic E-state index is 12.5. The van der Waals surface area contributed by atoms with E-state index in [0.29, 0.717) is 18.4 Å². The van der Waals surface area contributed by atoms with Gasteiger partial charge in [-0.15, -0.1) is 0 Å². The van der Waals surface area contributed by atoms with Crippen LogP contribution in [0, 0.1) is 0 Å². The van der Waals surface area contributed by atoms with Crippen LogP contribution >= 0.6 is 0 Å². The molecule has 0 radical (unpaired) electrons. The second-order valence-electron chi connectivity index (χ2n) is 9.93. The van der Waals surface area contributed by atoms with Gasteiger partial charge in [-0.2, -0.15) is 0 Å². The third-order valence-electron chi connectivity index (χ3n) is 6.92. The minimum atomic E-state index is -1.93. The highest BCUT2D eigenvalue weighted by molar-refractivity contribution is 6.74. The van der Waals surface area contributed by atoms with E-state index in [-0.39, 0.29) is 23.0 Å². The molecule has 0 saturated carbocycles. The first-order valence-corrected chi connectivity index (χ1v) is 16.5. The lowest BCUT2D eigenvalue weighted by Crippen LogP contribution is -2.43. The first kappa shape index (κ1) is 25.8. The Bertz CT molecular complexity index is 539. The van der Waals surface area contributed by atoms with E-state index in [0.717, 1.165) is 24.6 Å². The average molecular weight is 429 g/mol. The number of carbonyl (C=O) groups excluding carboxylic acids is 1. The molecule has 0 spiro atoms. The van der Waals surface area contributed by atoms with Gasteiger partial charge in [0.25, 0.3) is 0 Å². The summed E-state index contributed by atoms with van der Waals surface area (Å²) in [7, 11) is -3.57.